The summed E-state index contributed by atoms with van der Waals surface area (Å²) in [5.74, 6) is -0.000598. The molecule has 0 bridgehead atoms. The molecular formula is C23H25ClFN5. The minimum Gasteiger partial charge on any atom is -0.285 e. The molecule has 4 aromatic rings. The maximum atomic E-state index is 13.2. The molecule has 0 saturated heterocycles. The van der Waals surface area contributed by atoms with Gasteiger partial charge in [0.1, 0.15) is 5.82 Å². The van der Waals surface area contributed by atoms with Crippen LogP contribution in [0.1, 0.15) is 42.9 Å². The molecule has 1 atom stereocenters. The third kappa shape index (κ3) is 5.70. The van der Waals surface area contributed by atoms with E-state index in [0.29, 0.717) is 6.42 Å². The van der Waals surface area contributed by atoms with Crippen LogP contribution in [-0.4, -0.2) is 25.1 Å². The number of rotatable bonds is 6. The fourth-order valence-corrected chi connectivity index (χ4v) is 3.25. The molecule has 3 heterocycles. The molecule has 0 saturated carbocycles. The van der Waals surface area contributed by atoms with Crippen LogP contribution >= 0.6 is 12.4 Å². The first-order chi connectivity index (χ1) is 13.7. The zero-order chi connectivity index (χ0) is 19.3. The minimum atomic E-state index is -0.220. The summed E-state index contributed by atoms with van der Waals surface area (Å²) in [5.41, 5.74) is 5.95. The number of aromatic nitrogens is 5. The van der Waals surface area contributed by atoms with Gasteiger partial charge in [0.15, 0.2) is 0 Å². The first-order valence-electron chi connectivity index (χ1n) is 9.17. The lowest BCUT2D eigenvalue weighted by Gasteiger charge is -2.14. The average Bonchev–Trinajstić information content (AvgIpc) is 3.24. The molecule has 0 fully saturated rings. The Morgan fingerprint density at radius 1 is 0.967 bits per heavy atom. The van der Waals surface area contributed by atoms with E-state index < -0.39 is 0 Å². The van der Waals surface area contributed by atoms with Crippen molar-refractivity contribution in [3.05, 3.63) is 95.8 Å². The number of H-pyrrole nitrogens is 1. The minimum absolute atomic E-state index is 0. The first-order valence-corrected chi connectivity index (χ1v) is 9.17. The molecular weight excluding hydrogens is 401 g/mol. The summed E-state index contributed by atoms with van der Waals surface area (Å²) in [5, 5.41) is 6.92. The summed E-state index contributed by atoms with van der Waals surface area (Å²) >= 11 is 0. The van der Waals surface area contributed by atoms with Crippen LogP contribution in [0.2, 0.25) is 0 Å². The van der Waals surface area contributed by atoms with Crippen LogP contribution in [0.4, 0.5) is 4.39 Å². The van der Waals surface area contributed by atoms with E-state index in [0.717, 1.165) is 40.2 Å². The molecule has 156 valence electrons. The van der Waals surface area contributed by atoms with Crippen LogP contribution < -0.4 is 0 Å². The largest absolute Gasteiger partial charge is 0.285 e. The highest BCUT2D eigenvalue weighted by Crippen LogP contribution is 2.25. The van der Waals surface area contributed by atoms with Crippen LogP contribution in [0.25, 0.3) is 11.1 Å². The quantitative estimate of drug-likeness (QED) is 0.449. The van der Waals surface area contributed by atoms with E-state index in [1.165, 1.54) is 12.1 Å². The van der Waals surface area contributed by atoms with Gasteiger partial charge in [-0.15, -0.1) is 12.4 Å². The highest BCUT2D eigenvalue weighted by molar-refractivity contribution is 5.85. The van der Waals surface area contributed by atoms with Gasteiger partial charge in [-0.25, -0.2) is 4.39 Å². The summed E-state index contributed by atoms with van der Waals surface area (Å²) < 4.78 is 13.2. The van der Waals surface area contributed by atoms with Gasteiger partial charge in [-0.2, -0.15) is 5.10 Å². The molecule has 3 aromatic heterocycles. The number of hydrogen-bond donors (Lipinski definition) is 1. The first kappa shape index (κ1) is 23.2. The van der Waals surface area contributed by atoms with Gasteiger partial charge in [0.2, 0.25) is 0 Å². The Morgan fingerprint density at radius 3 is 2.40 bits per heavy atom. The normalized spacial score (nSPS) is 11.3. The zero-order valence-corrected chi connectivity index (χ0v) is 16.7. The Bertz CT molecular complexity index is 1040. The van der Waals surface area contributed by atoms with Gasteiger partial charge >= 0.3 is 0 Å². The molecule has 0 aliphatic heterocycles. The van der Waals surface area contributed by atoms with E-state index in [-0.39, 0.29) is 31.6 Å². The molecule has 7 heteroatoms. The van der Waals surface area contributed by atoms with Gasteiger partial charge in [-0.1, -0.05) is 26.5 Å². The maximum Gasteiger partial charge on any atom is 0.123 e. The van der Waals surface area contributed by atoms with E-state index in [1.54, 1.807) is 24.8 Å². The predicted octanol–water partition coefficient (Wildman–Crippen LogP) is 5.40. The average molecular weight is 426 g/mol. The van der Waals surface area contributed by atoms with Crippen molar-refractivity contribution >= 4 is 12.4 Å². The standard InChI is InChI=1S/C22H20FN5.CH4.ClH/c1-15(16-2-4-19(23)5-3-16)8-20-9-17(18-12-26-27-13-18)10-21(28-20)11-22-14-24-6-7-25-22;;/h2-7,9-10,12-15H,8,11H2,1H3,(H,26,27);1H4;1H/t15-;;/m1../s1. The smallest absolute Gasteiger partial charge is 0.123 e. The Hall–Kier alpha value is -3.12. The lowest BCUT2D eigenvalue weighted by Crippen LogP contribution is -2.04. The van der Waals surface area contributed by atoms with Crippen molar-refractivity contribution in [1.82, 2.24) is 25.1 Å². The summed E-state index contributed by atoms with van der Waals surface area (Å²) in [6, 6.07) is 10.8. The highest BCUT2D eigenvalue weighted by Gasteiger charge is 2.12. The fraction of sp³-hybridized carbons (Fsp3) is 0.217. The molecule has 1 N–H and O–H groups in total. The Morgan fingerprint density at radius 2 is 1.73 bits per heavy atom. The fourth-order valence-electron chi connectivity index (χ4n) is 3.25. The highest BCUT2D eigenvalue weighted by atomic mass is 35.5. The van der Waals surface area contributed by atoms with Crippen LogP contribution in [0.3, 0.4) is 0 Å². The predicted molar refractivity (Wildman–Crippen MR) is 119 cm³/mol. The van der Waals surface area contributed by atoms with Crippen molar-refractivity contribution in [3.8, 4) is 11.1 Å². The van der Waals surface area contributed by atoms with Crippen molar-refractivity contribution in [2.24, 2.45) is 0 Å². The molecule has 0 unspecified atom stereocenters. The van der Waals surface area contributed by atoms with Crippen molar-refractivity contribution in [1.29, 1.82) is 0 Å². The van der Waals surface area contributed by atoms with Gasteiger partial charge in [-0.3, -0.25) is 20.1 Å². The van der Waals surface area contributed by atoms with E-state index >= 15 is 0 Å². The number of halogens is 2. The summed E-state index contributed by atoms with van der Waals surface area (Å²) in [4.78, 5) is 13.3. The van der Waals surface area contributed by atoms with Gasteiger partial charge in [0.05, 0.1) is 11.9 Å². The van der Waals surface area contributed by atoms with E-state index in [2.05, 4.69) is 39.2 Å². The second-order valence-electron chi connectivity index (χ2n) is 6.86. The van der Waals surface area contributed by atoms with Crippen LogP contribution in [0.15, 0.2) is 67.4 Å². The van der Waals surface area contributed by atoms with Crippen molar-refractivity contribution in [2.75, 3.05) is 0 Å². The van der Waals surface area contributed by atoms with E-state index in [4.69, 9.17) is 4.98 Å². The number of benzene rings is 1. The molecule has 0 aliphatic carbocycles. The second kappa shape index (κ2) is 10.6. The molecule has 0 radical (unpaired) electrons. The van der Waals surface area contributed by atoms with E-state index in [9.17, 15) is 4.39 Å². The van der Waals surface area contributed by atoms with Gasteiger partial charge in [0, 0.05) is 48.2 Å². The lowest BCUT2D eigenvalue weighted by atomic mass is 9.94. The number of nitrogens with zero attached hydrogens (tertiary/aromatic N) is 4. The third-order valence-corrected chi connectivity index (χ3v) is 4.70. The number of nitrogens with one attached hydrogen (secondary N) is 1. The Balaban J connectivity index is 0.00000160. The number of hydrogen-bond acceptors (Lipinski definition) is 4. The lowest BCUT2D eigenvalue weighted by molar-refractivity contribution is 0.625. The van der Waals surface area contributed by atoms with Crippen LogP contribution in [0.5, 0.6) is 0 Å². The van der Waals surface area contributed by atoms with Gasteiger partial charge in [-0.05, 0) is 47.7 Å². The van der Waals surface area contributed by atoms with Crippen LogP contribution in [0, 0.1) is 5.82 Å². The monoisotopic (exact) mass is 425 g/mol. The summed E-state index contributed by atoms with van der Waals surface area (Å²) in [7, 11) is 0. The van der Waals surface area contributed by atoms with Crippen molar-refractivity contribution in [3.63, 3.8) is 0 Å². The van der Waals surface area contributed by atoms with Crippen LogP contribution in [-0.2, 0) is 12.8 Å². The summed E-state index contributed by atoms with van der Waals surface area (Å²) in [6.07, 6.45) is 10.1. The van der Waals surface area contributed by atoms with Gasteiger partial charge in [0.25, 0.3) is 0 Å². The molecule has 0 aliphatic rings. The molecule has 0 amide bonds. The molecule has 30 heavy (non-hydrogen) atoms. The third-order valence-electron chi connectivity index (χ3n) is 4.70. The molecule has 0 spiro atoms. The second-order valence-corrected chi connectivity index (χ2v) is 6.86. The van der Waals surface area contributed by atoms with E-state index in [1.807, 2.05) is 18.3 Å². The zero-order valence-electron chi connectivity index (χ0n) is 15.9. The van der Waals surface area contributed by atoms with Crippen molar-refractivity contribution in [2.45, 2.75) is 33.1 Å². The Kier molecular flexibility index (Phi) is 8.18. The molecule has 5 nitrogen and oxygen atoms in total. The Labute approximate surface area is 182 Å². The molecule has 1 aromatic carbocycles. The molecule has 4 rings (SSSR count). The van der Waals surface area contributed by atoms with Gasteiger partial charge < -0.3 is 0 Å². The number of aromatic amines is 1. The summed E-state index contributed by atoms with van der Waals surface area (Å²) in [6.45, 7) is 2.13. The number of pyridine rings is 1. The maximum absolute atomic E-state index is 13.2. The SMILES string of the molecule is C.C[C@H](Cc1cc(-c2cn[nH]c2)cc(Cc2cnccn2)n1)c1ccc(F)cc1.Cl. The topological polar surface area (TPSA) is 67.3 Å². The van der Waals surface area contributed by atoms with Crippen molar-refractivity contribution < 1.29 is 4.39 Å².